The average molecular weight is 584 g/mol. The third kappa shape index (κ3) is 6.10. The van der Waals surface area contributed by atoms with Gasteiger partial charge in [0.25, 0.3) is 0 Å². The van der Waals surface area contributed by atoms with Crippen LogP contribution in [0.4, 0.5) is 0 Å². The molecular formula is C41H49N3. The summed E-state index contributed by atoms with van der Waals surface area (Å²) >= 11 is 0. The molecule has 3 nitrogen and oxygen atoms in total. The molecule has 3 heteroatoms. The van der Waals surface area contributed by atoms with Crippen molar-refractivity contribution in [1.82, 2.24) is 14.8 Å². The monoisotopic (exact) mass is 583 g/mol. The van der Waals surface area contributed by atoms with Crippen molar-refractivity contribution in [2.24, 2.45) is 23.7 Å². The fourth-order valence-corrected chi connectivity index (χ4v) is 8.59. The molecule has 0 amide bonds. The summed E-state index contributed by atoms with van der Waals surface area (Å²) in [6.45, 7) is 9.41. The number of para-hydroxylation sites is 1. The van der Waals surface area contributed by atoms with Gasteiger partial charge in [0, 0.05) is 49.2 Å². The van der Waals surface area contributed by atoms with E-state index in [2.05, 4.69) is 138 Å². The molecule has 0 saturated carbocycles. The van der Waals surface area contributed by atoms with Crippen LogP contribution in [0.2, 0.25) is 0 Å². The highest BCUT2D eigenvalue weighted by atomic mass is 15.2. The predicted octanol–water partition coefficient (Wildman–Crippen LogP) is 9.14. The van der Waals surface area contributed by atoms with Crippen LogP contribution in [0.5, 0.6) is 0 Å². The number of fused-ring (bicyclic) bond motifs is 5. The lowest BCUT2D eigenvalue weighted by atomic mass is 9.76. The third-order valence-corrected chi connectivity index (χ3v) is 10.9. The van der Waals surface area contributed by atoms with Gasteiger partial charge in [0.1, 0.15) is 0 Å². The third-order valence-electron chi connectivity index (χ3n) is 10.9. The first-order valence-electron chi connectivity index (χ1n) is 17.2. The van der Waals surface area contributed by atoms with Crippen molar-refractivity contribution in [2.75, 3.05) is 19.6 Å². The van der Waals surface area contributed by atoms with Gasteiger partial charge in [-0.15, -0.1) is 0 Å². The number of piperidine rings is 2. The van der Waals surface area contributed by atoms with E-state index in [1.165, 1.54) is 85.0 Å². The molecule has 2 aliphatic carbocycles. The van der Waals surface area contributed by atoms with Gasteiger partial charge >= 0.3 is 0 Å². The van der Waals surface area contributed by atoms with E-state index in [1.54, 1.807) is 0 Å². The van der Waals surface area contributed by atoms with Crippen LogP contribution in [0.25, 0.3) is 22.2 Å². The number of aromatic amines is 1. The Bertz CT molecular complexity index is 1570. The molecule has 4 aromatic rings. The molecule has 228 valence electrons. The lowest BCUT2D eigenvalue weighted by molar-refractivity contribution is 0.0752. The van der Waals surface area contributed by atoms with Crippen molar-refractivity contribution in [3.05, 3.63) is 120 Å². The van der Waals surface area contributed by atoms with E-state index in [0.717, 1.165) is 30.2 Å². The second-order valence-corrected chi connectivity index (χ2v) is 13.6. The Hall–Kier alpha value is -3.40. The molecular weight excluding hydrogens is 534 g/mol. The van der Waals surface area contributed by atoms with E-state index in [1.807, 2.05) is 0 Å². The minimum atomic E-state index is 0.599. The number of nitrogens with one attached hydrogen (secondary N) is 1. The number of H-pyrrole nitrogens is 1. The van der Waals surface area contributed by atoms with Crippen LogP contribution in [0.1, 0.15) is 50.7 Å². The molecule has 44 heavy (non-hydrogen) atoms. The van der Waals surface area contributed by atoms with Crippen molar-refractivity contribution >= 4 is 10.9 Å². The molecule has 6 unspecified atom stereocenters. The highest BCUT2D eigenvalue weighted by Crippen LogP contribution is 2.39. The van der Waals surface area contributed by atoms with E-state index < -0.39 is 0 Å². The van der Waals surface area contributed by atoms with Gasteiger partial charge in [-0.05, 0) is 65.7 Å². The van der Waals surface area contributed by atoms with Crippen molar-refractivity contribution in [3.63, 3.8) is 0 Å². The highest BCUT2D eigenvalue weighted by Gasteiger charge is 2.37. The topological polar surface area (TPSA) is 22.3 Å². The van der Waals surface area contributed by atoms with Crippen molar-refractivity contribution in [2.45, 2.75) is 64.6 Å². The summed E-state index contributed by atoms with van der Waals surface area (Å²) in [4.78, 5) is 9.11. The SMILES string of the molecule is CCC1CC2C=CC1N(CCc1ccccc1)C2.CCC1CC2C=CC1N(Cc1c(-c3ccccc3)[nH]c3ccccc13)C2. The largest absolute Gasteiger partial charge is 0.354 e. The zero-order chi connectivity index (χ0) is 29.9. The maximum absolute atomic E-state index is 3.69. The van der Waals surface area contributed by atoms with Crippen LogP contribution in [-0.4, -0.2) is 46.5 Å². The van der Waals surface area contributed by atoms with Crippen LogP contribution in [0.3, 0.4) is 0 Å². The molecule has 4 bridgehead atoms. The van der Waals surface area contributed by atoms with Gasteiger partial charge in [0.2, 0.25) is 0 Å². The Kier molecular flexibility index (Phi) is 8.86. The van der Waals surface area contributed by atoms with Crippen LogP contribution >= 0.6 is 0 Å². The van der Waals surface area contributed by atoms with Gasteiger partial charge in [0.15, 0.2) is 0 Å². The smallest absolute Gasteiger partial charge is 0.0510 e. The van der Waals surface area contributed by atoms with Crippen molar-refractivity contribution < 1.29 is 0 Å². The van der Waals surface area contributed by atoms with E-state index in [9.17, 15) is 0 Å². The Morgan fingerprint density at radius 1 is 0.659 bits per heavy atom. The maximum atomic E-state index is 3.69. The Balaban J connectivity index is 0.000000152. The summed E-state index contributed by atoms with van der Waals surface area (Å²) < 4.78 is 0. The van der Waals surface area contributed by atoms with Crippen LogP contribution in [-0.2, 0) is 13.0 Å². The molecule has 4 aliphatic heterocycles. The van der Waals surface area contributed by atoms with E-state index in [0.29, 0.717) is 12.1 Å². The zero-order valence-corrected chi connectivity index (χ0v) is 26.6. The fourth-order valence-electron chi connectivity index (χ4n) is 8.59. The minimum Gasteiger partial charge on any atom is -0.354 e. The summed E-state index contributed by atoms with van der Waals surface area (Å²) in [7, 11) is 0. The zero-order valence-electron chi connectivity index (χ0n) is 26.6. The number of hydrogen-bond donors (Lipinski definition) is 1. The molecule has 1 aromatic heterocycles. The highest BCUT2D eigenvalue weighted by molar-refractivity contribution is 5.90. The Morgan fingerprint density at radius 3 is 1.91 bits per heavy atom. The quantitative estimate of drug-likeness (QED) is 0.209. The number of aromatic nitrogens is 1. The predicted molar refractivity (Wildman–Crippen MR) is 185 cm³/mol. The summed E-state index contributed by atoms with van der Waals surface area (Å²) in [5.41, 5.74) is 6.72. The first-order chi connectivity index (χ1) is 21.7. The molecule has 6 aliphatic rings. The first-order valence-corrected chi connectivity index (χ1v) is 17.2. The lowest BCUT2D eigenvalue weighted by Crippen LogP contribution is -2.50. The van der Waals surface area contributed by atoms with Gasteiger partial charge in [-0.1, -0.05) is 130 Å². The summed E-state index contributed by atoms with van der Waals surface area (Å²) in [5.74, 6) is 3.25. The van der Waals surface area contributed by atoms with E-state index in [-0.39, 0.29) is 0 Å². The normalized spacial score (nSPS) is 27.5. The molecule has 10 rings (SSSR count). The Morgan fingerprint density at radius 2 is 1.25 bits per heavy atom. The summed E-state index contributed by atoms with van der Waals surface area (Å²) in [5, 5.41) is 1.37. The molecule has 5 heterocycles. The van der Waals surface area contributed by atoms with Gasteiger partial charge in [0.05, 0.1) is 5.69 Å². The van der Waals surface area contributed by atoms with Crippen LogP contribution in [0.15, 0.2) is 109 Å². The Labute approximate surface area is 264 Å². The molecule has 2 fully saturated rings. The summed E-state index contributed by atoms with van der Waals surface area (Å²) in [6.07, 6.45) is 16.4. The molecule has 0 radical (unpaired) electrons. The van der Waals surface area contributed by atoms with Crippen LogP contribution < -0.4 is 0 Å². The molecule has 3 aromatic carbocycles. The van der Waals surface area contributed by atoms with Gasteiger partial charge in [-0.25, -0.2) is 0 Å². The number of benzene rings is 3. The second-order valence-electron chi connectivity index (χ2n) is 13.6. The molecule has 0 spiro atoms. The van der Waals surface area contributed by atoms with Gasteiger partial charge in [-0.3, -0.25) is 9.80 Å². The van der Waals surface area contributed by atoms with E-state index in [4.69, 9.17) is 0 Å². The lowest BCUT2D eigenvalue weighted by Gasteiger charge is -2.46. The summed E-state index contributed by atoms with van der Waals surface area (Å²) in [6, 6.07) is 31.7. The maximum Gasteiger partial charge on any atom is 0.0510 e. The first kappa shape index (κ1) is 29.3. The molecule has 1 N–H and O–H groups in total. The van der Waals surface area contributed by atoms with Crippen molar-refractivity contribution in [3.8, 4) is 11.3 Å². The minimum absolute atomic E-state index is 0.599. The van der Waals surface area contributed by atoms with Crippen LogP contribution in [0, 0.1) is 23.7 Å². The standard InChI is InChI=1S/C24H26N2.C17H23N/c1-2-18-14-17-12-13-23(18)26(15-17)16-21-20-10-6-7-11-22(20)25-24(21)19-8-4-3-5-9-19;1-2-16-12-15-8-9-17(16)18(13-15)11-10-14-6-4-3-5-7-14/h3-13,17-18,23,25H,2,14-16H2,1H3;3-9,15-17H,2,10-13H2,1H3. The van der Waals surface area contributed by atoms with Crippen molar-refractivity contribution in [1.29, 1.82) is 0 Å². The van der Waals surface area contributed by atoms with Gasteiger partial charge in [-0.2, -0.15) is 0 Å². The van der Waals surface area contributed by atoms with Gasteiger partial charge < -0.3 is 4.98 Å². The number of rotatable bonds is 8. The average Bonchev–Trinajstić information content (AvgIpc) is 3.47. The second kappa shape index (κ2) is 13.3. The fraction of sp³-hybridized carbons (Fsp3) is 0.415. The number of nitrogens with zero attached hydrogens (tertiary/aromatic N) is 2. The number of hydrogen-bond acceptors (Lipinski definition) is 2. The molecule has 2 saturated heterocycles. The molecule has 6 atom stereocenters. The van der Waals surface area contributed by atoms with E-state index >= 15 is 0 Å².